The molecular weight excluding hydrogens is 239 g/mol. The Morgan fingerprint density at radius 2 is 1.94 bits per heavy atom. The van der Waals surface area contributed by atoms with Crippen molar-refractivity contribution >= 4 is 11.7 Å². The topological polar surface area (TPSA) is 72.8 Å². The van der Waals surface area contributed by atoms with Gasteiger partial charge in [0.2, 0.25) is 0 Å². The Labute approximate surface area is 105 Å². The number of anilines is 1. The molecule has 0 atom stereocenters. The fourth-order valence-electron chi connectivity index (χ4n) is 1.45. The van der Waals surface area contributed by atoms with Gasteiger partial charge < -0.3 is 20.4 Å². The van der Waals surface area contributed by atoms with Crippen molar-refractivity contribution in [2.75, 3.05) is 31.6 Å². The van der Waals surface area contributed by atoms with Crippen LogP contribution in [0.2, 0.25) is 0 Å². The number of amides is 2. The van der Waals surface area contributed by atoms with Crippen LogP contribution in [0.4, 0.5) is 14.9 Å². The summed E-state index contributed by atoms with van der Waals surface area (Å²) in [6.45, 7) is 0.211. The molecule has 3 N–H and O–H groups in total. The maximum absolute atomic E-state index is 13.3. The number of carbonyl (C=O) groups is 1. The Kier molecular flexibility index (Phi) is 6.10. The lowest BCUT2D eigenvalue weighted by atomic mass is 10.3. The number of aliphatic hydroxyl groups is 2. The van der Waals surface area contributed by atoms with Crippen molar-refractivity contribution in [3.63, 3.8) is 0 Å². The van der Waals surface area contributed by atoms with Gasteiger partial charge in [0.15, 0.2) is 0 Å². The number of halogens is 1. The first-order valence-electron chi connectivity index (χ1n) is 5.71. The molecule has 1 rings (SSSR count). The van der Waals surface area contributed by atoms with E-state index in [1.807, 2.05) is 0 Å². The molecule has 0 spiro atoms. The van der Waals surface area contributed by atoms with E-state index >= 15 is 0 Å². The molecule has 0 saturated carbocycles. The van der Waals surface area contributed by atoms with Crippen molar-refractivity contribution in [1.29, 1.82) is 0 Å². The fourth-order valence-corrected chi connectivity index (χ4v) is 1.45. The van der Waals surface area contributed by atoms with Gasteiger partial charge in [0.25, 0.3) is 0 Å². The van der Waals surface area contributed by atoms with E-state index in [1.165, 1.54) is 23.1 Å². The van der Waals surface area contributed by atoms with Crippen molar-refractivity contribution in [3.8, 4) is 0 Å². The summed E-state index contributed by atoms with van der Waals surface area (Å²) in [5.41, 5.74) is 0.0921. The van der Waals surface area contributed by atoms with Crippen LogP contribution in [0.15, 0.2) is 24.3 Å². The molecule has 6 heteroatoms. The Hall–Kier alpha value is -1.66. The number of benzene rings is 1. The summed E-state index contributed by atoms with van der Waals surface area (Å²) in [7, 11) is 0. The number of nitrogens with zero attached hydrogens (tertiary/aromatic N) is 1. The van der Waals surface area contributed by atoms with Crippen LogP contribution < -0.4 is 5.32 Å². The first-order chi connectivity index (χ1) is 8.69. The summed E-state index contributed by atoms with van der Waals surface area (Å²) in [5, 5.41) is 20.0. The second-order valence-corrected chi connectivity index (χ2v) is 3.70. The standard InChI is InChI=1S/C12H17FN2O3/c13-10-4-1-2-5-11(10)14-12(18)15(7-9-17)6-3-8-16/h1-2,4-5,16-17H,3,6-9H2,(H,14,18). The van der Waals surface area contributed by atoms with E-state index in [1.54, 1.807) is 6.07 Å². The van der Waals surface area contributed by atoms with Gasteiger partial charge in [0, 0.05) is 19.7 Å². The highest BCUT2D eigenvalue weighted by Gasteiger charge is 2.13. The Bertz CT molecular complexity index is 387. The lowest BCUT2D eigenvalue weighted by molar-refractivity contribution is 0.180. The smallest absolute Gasteiger partial charge is 0.322 e. The van der Waals surface area contributed by atoms with Gasteiger partial charge in [-0.15, -0.1) is 0 Å². The molecular formula is C12H17FN2O3. The second-order valence-electron chi connectivity index (χ2n) is 3.70. The van der Waals surface area contributed by atoms with Crippen molar-refractivity contribution in [2.45, 2.75) is 6.42 Å². The Morgan fingerprint density at radius 3 is 2.56 bits per heavy atom. The molecule has 0 fully saturated rings. The monoisotopic (exact) mass is 256 g/mol. The highest BCUT2D eigenvalue weighted by molar-refractivity contribution is 5.89. The number of hydrogen-bond donors (Lipinski definition) is 3. The van der Waals surface area contributed by atoms with Crippen molar-refractivity contribution in [3.05, 3.63) is 30.1 Å². The third kappa shape index (κ3) is 4.31. The van der Waals surface area contributed by atoms with Crippen molar-refractivity contribution in [1.82, 2.24) is 4.90 Å². The van der Waals surface area contributed by atoms with E-state index in [9.17, 15) is 9.18 Å². The lowest BCUT2D eigenvalue weighted by Crippen LogP contribution is -2.38. The van der Waals surface area contributed by atoms with Gasteiger partial charge in [-0.2, -0.15) is 0 Å². The summed E-state index contributed by atoms with van der Waals surface area (Å²) >= 11 is 0. The maximum atomic E-state index is 13.3. The van der Waals surface area contributed by atoms with E-state index in [-0.39, 0.29) is 25.4 Å². The third-order valence-electron chi connectivity index (χ3n) is 2.36. The van der Waals surface area contributed by atoms with Gasteiger partial charge in [-0.25, -0.2) is 9.18 Å². The molecule has 0 radical (unpaired) electrons. The van der Waals surface area contributed by atoms with E-state index in [0.717, 1.165) is 0 Å². The van der Waals surface area contributed by atoms with Crippen LogP contribution in [0, 0.1) is 5.82 Å². The summed E-state index contributed by atoms with van der Waals surface area (Å²) < 4.78 is 13.3. The minimum absolute atomic E-state index is 0.0467. The van der Waals surface area contributed by atoms with Gasteiger partial charge in [0.05, 0.1) is 12.3 Å². The molecule has 0 bridgehead atoms. The predicted octanol–water partition coefficient (Wildman–Crippen LogP) is 1.03. The Balaban J connectivity index is 2.63. The average molecular weight is 256 g/mol. The molecule has 18 heavy (non-hydrogen) atoms. The summed E-state index contributed by atoms with van der Waals surface area (Å²) in [5.74, 6) is -0.517. The van der Waals surface area contributed by atoms with Gasteiger partial charge in [-0.3, -0.25) is 0 Å². The first kappa shape index (κ1) is 14.4. The zero-order chi connectivity index (χ0) is 13.4. The minimum Gasteiger partial charge on any atom is -0.396 e. The predicted molar refractivity (Wildman–Crippen MR) is 65.8 cm³/mol. The maximum Gasteiger partial charge on any atom is 0.322 e. The third-order valence-corrected chi connectivity index (χ3v) is 2.36. The van der Waals surface area contributed by atoms with Crippen LogP contribution in [-0.4, -0.2) is 47.4 Å². The van der Waals surface area contributed by atoms with Crippen LogP contribution >= 0.6 is 0 Å². The van der Waals surface area contributed by atoms with E-state index < -0.39 is 11.8 Å². The summed E-state index contributed by atoms with van der Waals surface area (Å²) in [6.07, 6.45) is 0.407. The SMILES string of the molecule is O=C(Nc1ccccc1F)N(CCO)CCCO. The molecule has 0 aliphatic carbocycles. The van der Waals surface area contributed by atoms with Crippen molar-refractivity contribution in [2.24, 2.45) is 0 Å². The molecule has 0 aliphatic heterocycles. The largest absolute Gasteiger partial charge is 0.396 e. The number of hydrogen-bond acceptors (Lipinski definition) is 3. The summed E-state index contributed by atoms with van der Waals surface area (Å²) in [4.78, 5) is 13.1. The molecule has 0 saturated heterocycles. The highest BCUT2D eigenvalue weighted by atomic mass is 19.1. The van der Waals surface area contributed by atoms with Gasteiger partial charge in [0.1, 0.15) is 5.82 Å². The molecule has 100 valence electrons. The highest BCUT2D eigenvalue weighted by Crippen LogP contribution is 2.13. The number of para-hydroxylation sites is 1. The van der Waals surface area contributed by atoms with Gasteiger partial charge >= 0.3 is 6.03 Å². The van der Waals surface area contributed by atoms with E-state index in [4.69, 9.17) is 10.2 Å². The number of rotatable bonds is 6. The molecule has 5 nitrogen and oxygen atoms in total. The van der Waals surface area contributed by atoms with Crippen LogP contribution in [0.25, 0.3) is 0 Å². The quantitative estimate of drug-likeness (QED) is 0.712. The molecule has 0 heterocycles. The van der Waals surface area contributed by atoms with Gasteiger partial charge in [-0.05, 0) is 18.6 Å². The number of urea groups is 1. The summed E-state index contributed by atoms with van der Waals surface area (Å²) in [6, 6.07) is 5.35. The molecule has 0 unspecified atom stereocenters. The van der Waals surface area contributed by atoms with E-state index in [0.29, 0.717) is 13.0 Å². The second kappa shape index (κ2) is 7.62. The number of nitrogens with one attached hydrogen (secondary N) is 1. The number of aliphatic hydroxyl groups excluding tert-OH is 2. The fraction of sp³-hybridized carbons (Fsp3) is 0.417. The number of carbonyl (C=O) groups excluding carboxylic acids is 1. The lowest BCUT2D eigenvalue weighted by Gasteiger charge is -2.21. The zero-order valence-corrected chi connectivity index (χ0v) is 9.97. The molecule has 0 aromatic heterocycles. The van der Waals surface area contributed by atoms with Crippen LogP contribution in [0.1, 0.15) is 6.42 Å². The van der Waals surface area contributed by atoms with E-state index in [2.05, 4.69) is 5.32 Å². The first-order valence-corrected chi connectivity index (χ1v) is 5.71. The zero-order valence-electron chi connectivity index (χ0n) is 9.97. The molecule has 1 aromatic rings. The van der Waals surface area contributed by atoms with Crippen LogP contribution in [0.3, 0.4) is 0 Å². The molecule has 2 amide bonds. The molecule has 1 aromatic carbocycles. The minimum atomic E-state index is -0.517. The van der Waals surface area contributed by atoms with Gasteiger partial charge in [-0.1, -0.05) is 12.1 Å². The van der Waals surface area contributed by atoms with Crippen LogP contribution in [-0.2, 0) is 0 Å². The average Bonchev–Trinajstić information content (AvgIpc) is 2.37. The Morgan fingerprint density at radius 1 is 1.22 bits per heavy atom. The normalized spacial score (nSPS) is 10.2. The van der Waals surface area contributed by atoms with Crippen molar-refractivity contribution < 1.29 is 19.4 Å². The van der Waals surface area contributed by atoms with Crippen LogP contribution in [0.5, 0.6) is 0 Å². The molecule has 0 aliphatic rings.